The van der Waals surface area contributed by atoms with E-state index in [0.29, 0.717) is 29.8 Å². The van der Waals surface area contributed by atoms with Crippen molar-refractivity contribution in [3.8, 4) is 11.5 Å². The first kappa shape index (κ1) is 32.0. The minimum Gasteiger partial charge on any atom is -0.496 e. The lowest BCUT2D eigenvalue weighted by atomic mass is 9.83. The molecule has 248 valence electrons. The van der Waals surface area contributed by atoms with Crippen molar-refractivity contribution in [1.82, 2.24) is 15.5 Å². The maximum Gasteiger partial charge on any atom is 0.252 e. The number of halogens is 2. The van der Waals surface area contributed by atoms with Crippen molar-refractivity contribution in [2.24, 2.45) is 5.92 Å². The second-order valence-electron chi connectivity index (χ2n) is 13.5. The lowest BCUT2D eigenvalue weighted by Gasteiger charge is -2.41. The second-order valence-corrected chi connectivity index (χ2v) is 14.0. The molecule has 3 aromatic carbocycles. The number of benzene rings is 3. The van der Waals surface area contributed by atoms with Gasteiger partial charge in [-0.3, -0.25) is 4.79 Å². The maximum atomic E-state index is 14.6. The first-order valence-corrected chi connectivity index (χ1v) is 17.2. The van der Waals surface area contributed by atoms with Crippen LogP contribution in [0.15, 0.2) is 60.2 Å². The van der Waals surface area contributed by atoms with Crippen LogP contribution < -0.4 is 25.0 Å². The molecule has 0 aromatic heterocycles. The first-order valence-electron chi connectivity index (χ1n) is 16.9. The van der Waals surface area contributed by atoms with E-state index in [-0.39, 0.29) is 35.5 Å². The number of ether oxygens (including phenoxy) is 2. The number of hydrogen-bond donors (Lipinski definition) is 2. The van der Waals surface area contributed by atoms with Crippen molar-refractivity contribution in [1.29, 1.82) is 0 Å². The zero-order valence-corrected chi connectivity index (χ0v) is 28.2. The number of methoxy groups -OCH3 is 1. The highest BCUT2D eigenvalue weighted by atomic mass is 35.5. The lowest BCUT2D eigenvalue weighted by molar-refractivity contribution is -0.128. The Labute approximate surface area is 282 Å². The van der Waals surface area contributed by atoms with Gasteiger partial charge in [-0.25, -0.2) is 4.39 Å². The molecule has 3 atom stereocenters. The highest BCUT2D eigenvalue weighted by molar-refractivity contribution is 6.32. The Kier molecular flexibility index (Phi) is 9.18. The number of fused-ring (bicyclic) bond motifs is 2. The number of amides is 1. The Morgan fingerprint density at radius 1 is 1.06 bits per heavy atom. The summed E-state index contributed by atoms with van der Waals surface area (Å²) >= 11 is 6.23. The third-order valence-corrected chi connectivity index (χ3v) is 10.6. The normalized spacial score (nSPS) is 22.4. The molecule has 47 heavy (non-hydrogen) atoms. The van der Waals surface area contributed by atoms with Crippen LogP contribution in [0.2, 0.25) is 5.02 Å². The van der Waals surface area contributed by atoms with E-state index in [4.69, 9.17) is 21.1 Å². The average Bonchev–Trinajstić information content (AvgIpc) is 3.82. The van der Waals surface area contributed by atoms with E-state index in [0.717, 1.165) is 91.1 Å². The molecule has 3 aromatic rings. The van der Waals surface area contributed by atoms with Gasteiger partial charge in [0.1, 0.15) is 5.75 Å². The third kappa shape index (κ3) is 6.60. The van der Waals surface area contributed by atoms with Gasteiger partial charge < -0.3 is 29.9 Å². The van der Waals surface area contributed by atoms with Crippen LogP contribution in [0, 0.1) is 25.6 Å². The minimum atomic E-state index is -0.386. The lowest BCUT2D eigenvalue weighted by Crippen LogP contribution is -2.60. The third-order valence-electron chi connectivity index (χ3n) is 10.3. The van der Waals surface area contributed by atoms with E-state index < -0.39 is 0 Å². The first-order chi connectivity index (χ1) is 22.8. The van der Waals surface area contributed by atoms with Crippen LogP contribution >= 0.6 is 11.6 Å². The van der Waals surface area contributed by atoms with Gasteiger partial charge in [-0.05, 0) is 91.6 Å². The molecule has 4 aliphatic rings. The highest BCUT2D eigenvalue weighted by Gasteiger charge is 2.41. The summed E-state index contributed by atoms with van der Waals surface area (Å²) in [5.74, 6) is 1.03. The molecule has 7 rings (SSSR count). The number of nitrogens with zero attached hydrogens (tertiary/aromatic N) is 2. The van der Waals surface area contributed by atoms with Gasteiger partial charge in [0.25, 0.3) is 5.91 Å². The van der Waals surface area contributed by atoms with Crippen molar-refractivity contribution >= 4 is 28.8 Å². The van der Waals surface area contributed by atoms with E-state index in [1.54, 1.807) is 26.2 Å². The second kappa shape index (κ2) is 13.5. The van der Waals surface area contributed by atoms with Gasteiger partial charge in [0.15, 0.2) is 11.6 Å². The summed E-state index contributed by atoms with van der Waals surface area (Å²) in [6.45, 7) is 8.16. The van der Waals surface area contributed by atoms with Crippen LogP contribution in [0.4, 0.5) is 10.1 Å². The van der Waals surface area contributed by atoms with Gasteiger partial charge in [0.05, 0.1) is 24.8 Å². The van der Waals surface area contributed by atoms with Gasteiger partial charge in [-0.2, -0.15) is 0 Å². The topological polar surface area (TPSA) is 66.1 Å². The molecule has 3 aliphatic heterocycles. The zero-order chi connectivity index (χ0) is 32.7. The molecule has 3 fully saturated rings. The van der Waals surface area contributed by atoms with Crippen molar-refractivity contribution in [2.75, 3.05) is 44.8 Å². The fraction of sp³-hybridized carbons (Fsp3) is 0.447. The van der Waals surface area contributed by atoms with Gasteiger partial charge >= 0.3 is 0 Å². The van der Waals surface area contributed by atoms with Crippen LogP contribution in [0.3, 0.4) is 0 Å². The van der Waals surface area contributed by atoms with E-state index in [1.807, 2.05) is 12.1 Å². The number of piperazine rings is 1. The fourth-order valence-corrected chi connectivity index (χ4v) is 7.62. The molecule has 1 saturated carbocycles. The molecule has 7 nitrogen and oxygen atoms in total. The van der Waals surface area contributed by atoms with Gasteiger partial charge in [-0.1, -0.05) is 41.9 Å². The van der Waals surface area contributed by atoms with Crippen LogP contribution in [-0.4, -0.2) is 68.8 Å². The molecule has 9 heteroatoms. The van der Waals surface area contributed by atoms with E-state index in [9.17, 15) is 9.18 Å². The fourth-order valence-electron chi connectivity index (χ4n) is 7.42. The van der Waals surface area contributed by atoms with E-state index >= 15 is 0 Å². The van der Waals surface area contributed by atoms with Crippen LogP contribution in [-0.2, 0) is 11.3 Å². The summed E-state index contributed by atoms with van der Waals surface area (Å²) < 4.78 is 26.1. The summed E-state index contributed by atoms with van der Waals surface area (Å²) in [6.07, 6.45) is 3.85. The highest BCUT2D eigenvalue weighted by Crippen LogP contribution is 2.38. The Hall–Kier alpha value is -3.59. The van der Waals surface area contributed by atoms with Crippen LogP contribution in [0.25, 0.3) is 5.57 Å². The molecule has 3 heterocycles. The summed E-state index contributed by atoms with van der Waals surface area (Å²) in [5, 5.41) is 7.60. The molecular weight excluding hydrogens is 615 g/mol. The molecule has 2 bridgehead atoms. The molecule has 0 radical (unpaired) electrons. The number of anilines is 1. The maximum absolute atomic E-state index is 14.6. The minimum absolute atomic E-state index is 0.0246. The number of nitrogens with one attached hydrogen (secondary N) is 2. The predicted molar refractivity (Wildman–Crippen MR) is 185 cm³/mol. The molecule has 2 saturated heterocycles. The van der Waals surface area contributed by atoms with Gasteiger partial charge in [0, 0.05) is 62.0 Å². The number of rotatable bonds is 10. The number of carbonyl (C=O) groups excluding carboxylic acids is 1. The van der Waals surface area contributed by atoms with Crippen LogP contribution in [0.5, 0.6) is 11.5 Å². The molecule has 2 N–H and O–H groups in total. The molecule has 0 unspecified atom stereocenters. The molecular formula is C38H44ClFN4O3. The van der Waals surface area contributed by atoms with Crippen molar-refractivity contribution < 1.29 is 18.7 Å². The Morgan fingerprint density at radius 2 is 1.87 bits per heavy atom. The Bertz CT molecular complexity index is 1670. The predicted octanol–water partition coefficient (Wildman–Crippen LogP) is 6.29. The monoisotopic (exact) mass is 658 g/mol. The number of aryl methyl sites for hydroxylation is 1. The Morgan fingerprint density at radius 3 is 2.64 bits per heavy atom. The van der Waals surface area contributed by atoms with Gasteiger partial charge in [0.2, 0.25) is 0 Å². The number of carbonyl (C=O) groups is 1. The summed E-state index contributed by atoms with van der Waals surface area (Å²) in [7, 11) is 1.69. The van der Waals surface area contributed by atoms with Crippen molar-refractivity contribution in [3.63, 3.8) is 0 Å². The summed E-state index contributed by atoms with van der Waals surface area (Å²) in [6, 6.07) is 18.7. The van der Waals surface area contributed by atoms with Crippen molar-refractivity contribution in [2.45, 2.75) is 64.2 Å². The molecule has 0 spiro atoms. The quantitative estimate of drug-likeness (QED) is 0.267. The van der Waals surface area contributed by atoms with Crippen molar-refractivity contribution in [3.05, 3.63) is 93.3 Å². The van der Waals surface area contributed by atoms with Gasteiger partial charge in [-0.15, -0.1) is 0 Å². The summed E-state index contributed by atoms with van der Waals surface area (Å²) in [4.78, 5) is 19.0. The zero-order valence-electron chi connectivity index (χ0n) is 27.5. The largest absolute Gasteiger partial charge is 0.496 e. The average molecular weight is 659 g/mol. The smallest absolute Gasteiger partial charge is 0.252 e. The summed E-state index contributed by atoms with van der Waals surface area (Å²) in [5.41, 5.74) is 7.06. The molecule has 1 amide bonds. The Balaban J connectivity index is 1.10. The van der Waals surface area contributed by atoms with Crippen LogP contribution in [0.1, 0.15) is 47.9 Å². The molecule has 1 aliphatic carbocycles. The van der Waals surface area contributed by atoms with E-state index in [2.05, 4.69) is 57.7 Å². The SMILES string of the molecule is COc1cccc(CN(C(=O)C2=C(c3ccc(N4CC[C@@H](COc5c(Cl)ccc(C)c5F)C4)cc3)C[C@@H]3CNC[C@H]2N3)C2CC2)c1C. The number of hydrogen-bond acceptors (Lipinski definition) is 6. The standard InChI is InChI=1S/C38H44ClFN4O3/c1-23-7-14-32(39)37(36(23)40)47-22-25-15-16-43(20-25)29-10-8-26(9-11-29)31-17-28-18-41-19-33(42-28)35(31)38(45)44(30-12-13-30)21-27-5-4-6-34(46-3)24(27)2/h4-11,14,25,28,30,33,41-42H,12-13,15-22H2,1-3H3/t25-,28-,33-/m1/s1. The van der Waals surface area contributed by atoms with E-state index in [1.165, 1.54) is 0 Å².